The lowest BCUT2D eigenvalue weighted by molar-refractivity contribution is -0.207. The SMILES string of the molecule is CC(NC(=O)Cn1nc(-c2ccc(Cl)cc2)n(CC(O)C(F)(F)F)c1=O)(c1cccc(C(F)(F)F)c1)C(O)O. The van der Waals surface area contributed by atoms with Gasteiger partial charge in [0.05, 0.1) is 12.1 Å². The summed E-state index contributed by atoms with van der Waals surface area (Å²) in [6.45, 7) is -1.22. The minimum absolute atomic E-state index is 0.115. The first-order valence-corrected chi connectivity index (χ1v) is 11.3. The third-order valence-corrected chi connectivity index (χ3v) is 6.01. The van der Waals surface area contributed by atoms with E-state index in [4.69, 9.17) is 11.6 Å². The summed E-state index contributed by atoms with van der Waals surface area (Å²) in [4.78, 5) is 25.7. The molecule has 0 spiro atoms. The highest BCUT2D eigenvalue weighted by molar-refractivity contribution is 6.30. The number of rotatable bonds is 8. The second kappa shape index (κ2) is 11.0. The van der Waals surface area contributed by atoms with Crippen LogP contribution in [0.2, 0.25) is 5.02 Å². The number of aliphatic hydroxyl groups is 3. The van der Waals surface area contributed by atoms with Crippen LogP contribution in [0.25, 0.3) is 11.4 Å². The Morgan fingerprint density at radius 3 is 2.15 bits per heavy atom. The number of carbonyl (C=O) groups excluding carboxylic acids is 1. The lowest BCUT2D eigenvalue weighted by atomic mass is 9.89. The highest BCUT2D eigenvalue weighted by Crippen LogP contribution is 2.33. The van der Waals surface area contributed by atoms with Gasteiger partial charge < -0.3 is 20.6 Å². The van der Waals surface area contributed by atoms with Crippen LogP contribution in [0.15, 0.2) is 53.3 Å². The average Bonchev–Trinajstić information content (AvgIpc) is 3.13. The van der Waals surface area contributed by atoms with Crippen molar-refractivity contribution in [3.05, 3.63) is 75.2 Å². The molecule has 39 heavy (non-hydrogen) atoms. The molecular formula is C23H21ClF6N4O5. The Bertz CT molecular complexity index is 1390. The monoisotopic (exact) mass is 582 g/mol. The van der Waals surface area contributed by atoms with Crippen molar-refractivity contribution in [3.8, 4) is 11.4 Å². The van der Waals surface area contributed by atoms with Crippen LogP contribution in [0, 0.1) is 0 Å². The molecule has 0 aliphatic rings. The van der Waals surface area contributed by atoms with Gasteiger partial charge in [0, 0.05) is 10.6 Å². The van der Waals surface area contributed by atoms with E-state index in [0.717, 1.165) is 25.1 Å². The minimum Gasteiger partial charge on any atom is -0.382 e. The first-order valence-electron chi connectivity index (χ1n) is 11.0. The molecule has 1 heterocycles. The van der Waals surface area contributed by atoms with Crippen LogP contribution >= 0.6 is 11.6 Å². The summed E-state index contributed by atoms with van der Waals surface area (Å²) in [7, 11) is 0. The van der Waals surface area contributed by atoms with Crippen LogP contribution < -0.4 is 11.0 Å². The number of hydrogen-bond donors (Lipinski definition) is 4. The van der Waals surface area contributed by atoms with Crippen molar-refractivity contribution in [3.63, 3.8) is 0 Å². The minimum atomic E-state index is -5.08. The molecule has 1 amide bonds. The van der Waals surface area contributed by atoms with Gasteiger partial charge in [0.2, 0.25) is 5.91 Å². The molecule has 0 saturated heterocycles. The average molecular weight is 583 g/mol. The molecule has 3 rings (SSSR count). The number of halogens is 7. The normalized spacial score (nSPS) is 14.8. The number of aliphatic hydroxyl groups excluding tert-OH is 2. The van der Waals surface area contributed by atoms with Gasteiger partial charge in [-0.3, -0.25) is 9.36 Å². The maximum atomic E-state index is 13.2. The molecule has 4 N–H and O–H groups in total. The number of nitrogens with one attached hydrogen (secondary N) is 1. The zero-order chi connectivity index (χ0) is 29.3. The van der Waals surface area contributed by atoms with Gasteiger partial charge in [0.25, 0.3) is 0 Å². The highest BCUT2D eigenvalue weighted by atomic mass is 35.5. The summed E-state index contributed by atoms with van der Waals surface area (Å²) in [5.74, 6) is -1.50. The van der Waals surface area contributed by atoms with Gasteiger partial charge >= 0.3 is 18.0 Å². The van der Waals surface area contributed by atoms with Gasteiger partial charge in [0.15, 0.2) is 18.2 Å². The third-order valence-electron chi connectivity index (χ3n) is 5.76. The van der Waals surface area contributed by atoms with Gasteiger partial charge in [-0.1, -0.05) is 23.7 Å². The molecule has 2 atom stereocenters. The first-order chi connectivity index (χ1) is 17.9. The van der Waals surface area contributed by atoms with Gasteiger partial charge in [-0.15, -0.1) is 5.10 Å². The molecule has 16 heteroatoms. The fourth-order valence-corrected chi connectivity index (χ4v) is 3.69. The fourth-order valence-electron chi connectivity index (χ4n) is 3.57. The van der Waals surface area contributed by atoms with Crippen LogP contribution in [-0.4, -0.2) is 54.1 Å². The van der Waals surface area contributed by atoms with Gasteiger partial charge in [-0.2, -0.15) is 26.3 Å². The van der Waals surface area contributed by atoms with Gasteiger partial charge in [0.1, 0.15) is 12.1 Å². The van der Waals surface area contributed by atoms with E-state index < -0.39 is 60.5 Å². The Morgan fingerprint density at radius 2 is 1.62 bits per heavy atom. The predicted octanol–water partition coefficient (Wildman–Crippen LogP) is 2.65. The Kier molecular flexibility index (Phi) is 8.50. The molecule has 0 fully saturated rings. The van der Waals surface area contributed by atoms with Crippen molar-refractivity contribution in [1.82, 2.24) is 19.7 Å². The number of aromatic nitrogens is 3. The van der Waals surface area contributed by atoms with Crippen LogP contribution in [0.1, 0.15) is 18.1 Å². The molecule has 0 bridgehead atoms. The van der Waals surface area contributed by atoms with Crippen LogP contribution in [-0.2, 0) is 29.6 Å². The molecule has 1 aromatic heterocycles. The summed E-state index contributed by atoms with van der Waals surface area (Å²) in [6, 6.07) is 8.80. The van der Waals surface area contributed by atoms with E-state index in [0.29, 0.717) is 15.3 Å². The van der Waals surface area contributed by atoms with Crippen molar-refractivity contribution in [1.29, 1.82) is 0 Å². The molecule has 212 valence electrons. The number of amides is 1. The van der Waals surface area contributed by atoms with E-state index in [1.54, 1.807) is 0 Å². The zero-order valence-electron chi connectivity index (χ0n) is 19.8. The second-order valence-electron chi connectivity index (χ2n) is 8.64. The van der Waals surface area contributed by atoms with Crippen molar-refractivity contribution in [2.45, 2.75) is 50.3 Å². The summed E-state index contributed by atoms with van der Waals surface area (Å²) in [5, 5.41) is 35.6. The largest absolute Gasteiger partial charge is 0.416 e. The van der Waals surface area contributed by atoms with E-state index in [-0.39, 0.29) is 22.0 Å². The quantitative estimate of drug-likeness (QED) is 0.239. The molecule has 0 aliphatic carbocycles. The third kappa shape index (κ3) is 6.79. The lowest BCUT2D eigenvalue weighted by Gasteiger charge is -2.33. The Labute approximate surface area is 220 Å². The summed E-state index contributed by atoms with van der Waals surface area (Å²) >= 11 is 5.82. The van der Waals surface area contributed by atoms with Crippen LogP contribution in [0.4, 0.5) is 26.3 Å². The Balaban J connectivity index is 1.97. The molecule has 2 unspecified atom stereocenters. The molecule has 0 saturated carbocycles. The van der Waals surface area contributed by atoms with Crippen molar-refractivity contribution < 1.29 is 46.5 Å². The van der Waals surface area contributed by atoms with Crippen LogP contribution in [0.3, 0.4) is 0 Å². The Hall–Kier alpha value is -3.40. The second-order valence-corrected chi connectivity index (χ2v) is 9.08. The first kappa shape index (κ1) is 30.1. The molecule has 3 aromatic rings. The maximum absolute atomic E-state index is 13.2. The smallest absolute Gasteiger partial charge is 0.382 e. The lowest BCUT2D eigenvalue weighted by Crippen LogP contribution is -2.53. The number of carbonyl (C=O) groups is 1. The topological polar surface area (TPSA) is 130 Å². The number of hydrogen-bond acceptors (Lipinski definition) is 6. The summed E-state index contributed by atoms with van der Waals surface area (Å²) in [5.41, 5.74) is -4.79. The number of alkyl halides is 6. The maximum Gasteiger partial charge on any atom is 0.416 e. The van der Waals surface area contributed by atoms with Crippen molar-refractivity contribution in [2.75, 3.05) is 0 Å². The fraction of sp³-hybridized carbons (Fsp3) is 0.348. The van der Waals surface area contributed by atoms with E-state index in [1.807, 2.05) is 0 Å². The molecule has 0 radical (unpaired) electrons. The molecule has 0 aliphatic heterocycles. The van der Waals surface area contributed by atoms with Crippen molar-refractivity contribution >= 4 is 17.5 Å². The van der Waals surface area contributed by atoms with Gasteiger partial charge in [-0.25, -0.2) is 9.48 Å². The van der Waals surface area contributed by atoms with E-state index in [9.17, 15) is 51.3 Å². The number of nitrogens with zero attached hydrogens (tertiary/aromatic N) is 3. The Morgan fingerprint density at radius 1 is 1.03 bits per heavy atom. The molecule has 2 aromatic carbocycles. The summed E-state index contributed by atoms with van der Waals surface area (Å²) in [6.07, 6.45) is -15.2. The predicted molar refractivity (Wildman–Crippen MR) is 124 cm³/mol. The van der Waals surface area contributed by atoms with Crippen LogP contribution in [0.5, 0.6) is 0 Å². The van der Waals surface area contributed by atoms with Crippen molar-refractivity contribution in [2.24, 2.45) is 0 Å². The molecule has 9 nitrogen and oxygen atoms in total. The number of benzene rings is 2. The van der Waals surface area contributed by atoms with E-state index >= 15 is 0 Å². The summed E-state index contributed by atoms with van der Waals surface area (Å²) < 4.78 is 79.4. The molecular weight excluding hydrogens is 562 g/mol. The van der Waals surface area contributed by atoms with E-state index in [1.165, 1.54) is 24.3 Å². The highest BCUT2D eigenvalue weighted by Gasteiger charge is 2.40. The standard InChI is InChI=1S/C23H21ClF6N4O5/c1-21(19(37)38,13-3-2-4-14(9-13)22(25,26)27)31-17(36)11-34-20(39)33(10-16(35)23(28,29)30)18(32-34)12-5-7-15(24)8-6-12/h2-9,16,19,35,37-38H,10-11H2,1H3,(H,31,36). The van der Waals surface area contributed by atoms with E-state index in [2.05, 4.69) is 10.4 Å². The zero-order valence-corrected chi connectivity index (χ0v) is 20.6. The van der Waals surface area contributed by atoms with Gasteiger partial charge in [-0.05, 0) is 48.9 Å².